The highest BCUT2D eigenvalue weighted by molar-refractivity contribution is 9.09. The highest BCUT2D eigenvalue weighted by Gasteiger charge is 2.09. The molecule has 0 radical (unpaired) electrons. The topological polar surface area (TPSA) is 0 Å². The first-order valence-corrected chi connectivity index (χ1v) is 8.58. The summed E-state index contributed by atoms with van der Waals surface area (Å²) in [6.45, 7) is 4.33. The van der Waals surface area contributed by atoms with Gasteiger partial charge in [0, 0.05) is 9.72 Å². The summed E-state index contributed by atoms with van der Waals surface area (Å²) in [5, 5.41) is 0. The molecule has 1 atom stereocenters. The Labute approximate surface area is 128 Å². The molecule has 0 amide bonds. The van der Waals surface area contributed by atoms with Gasteiger partial charge >= 0.3 is 0 Å². The fraction of sp³-hybridized carbons (Fsp3) is 0.294. The smallest absolute Gasteiger partial charge is 0.0435 e. The summed E-state index contributed by atoms with van der Waals surface area (Å²) in [6, 6.07) is 15.5. The number of hydrogen-bond acceptors (Lipinski definition) is 1. The van der Waals surface area contributed by atoms with Gasteiger partial charge in [0.15, 0.2) is 0 Å². The number of rotatable bonds is 4. The number of alkyl halides is 1. The second-order valence-electron chi connectivity index (χ2n) is 4.86. The van der Waals surface area contributed by atoms with Crippen molar-refractivity contribution in [1.82, 2.24) is 0 Å². The largest absolute Gasteiger partial charge is 0.130 e. The van der Waals surface area contributed by atoms with Crippen LogP contribution < -0.4 is 0 Å². The lowest BCUT2D eigenvalue weighted by Crippen LogP contribution is -1.96. The highest BCUT2D eigenvalue weighted by atomic mass is 79.9. The minimum absolute atomic E-state index is 0.380. The van der Waals surface area contributed by atoms with E-state index in [9.17, 15) is 0 Å². The van der Waals surface area contributed by atoms with Crippen LogP contribution in [0.5, 0.6) is 0 Å². The van der Waals surface area contributed by atoms with Crippen LogP contribution in [0, 0.1) is 13.8 Å². The average Bonchev–Trinajstić information content (AvgIpc) is 2.43. The Hall–Kier alpha value is -0.730. The Morgan fingerprint density at radius 2 is 1.68 bits per heavy atom. The third-order valence-electron chi connectivity index (χ3n) is 3.46. The second kappa shape index (κ2) is 6.62. The van der Waals surface area contributed by atoms with Crippen LogP contribution in [0.1, 0.15) is 27.1 Å². The number of benzene rings is 2. The Morgan fingerprint density at radius 1 is 1.00 bits per heavy atom. The molecule has 0 N–H and O–H groups in total. The summed E-state index contributed by atoms with van der Waals surface area (Å²) in [5.74, 6) is 0. The van der Waals surface area contributed by atoms with Crippen molar-refractivity contribution >= 4 is 27.7 Å². The quantitative estimate of drug-likeness (QED) is 0.510. The molecule has 1 unspecified atom stereocenters. The van der Waals surface area contributed by atoms with Crippen molar-refractivity contribution in [1.29, 1.82) is 0 Å². The van der Waals surface area contributed by atoms with E-state index in [2.05, 4.69) is 78.5 Å². The monoisotopic (exact) mass is 334 g/mol. The zero-order valence-corrected chi connectivity index (χ0v) is 14.0. The van der Waals surface area contributed by atoms with Crippen LogP contribution in [-0.4, -0.2) is 6.26 Å². The van der Waals surface area contributed by atoms with E-state index in [1.807, 2.05) is 0 Å². The third-order valence-corrected chi connectivity index (χ3v) is 5.06. The first-order valence-electron chi connectivity index (χ1n) is 6.44. The maximum Gasteiger partial charge on any atom is 0.0435 e. The van der Waals surface area contributed by atoms with Crippen LogP contribution in [0.2, 0.25) is 0 Å². The van der Waals surface area contributed by atoms with Gasteiger partial charge in [-0.2, -0.15) is 0 Å². The van der Waals surface area contributed by atoms with E-state index in [1.165, 1.54) is 27.1 Å². The molecule has 2 heteroatoms. The molecule has 2 aromatic carbocycles. The van der Waals surface area contributed by atoms with Gasteiger partial charge in [-0.25, -0.2) is 0 Å². The van der Waals surface area contributed by atoms with E-state index >= 15 is 0 Å². The van der Waals surface area contributed by atoms with E-state index in [0.29, 0.717) is 4.83 Å². The number of aryl methyl sites for hydroxylation is 2. The predicted molar refractivity (Wildman–Crippen MR) is 89.5 cm³/mol. The maximum absolute atomic E-state index is 3.81. The van der Waals surface area contributed by atoms with E-state index in [4.69, 9.17) is 0 Å². The molecule has 0 aliphatic heterocycles. The van der Waals surface area contributed by atoms with Crippen molar-refractivity contribution in [3.05, 3.63) is 64.7 Å². The van der Waals surface area contributed by atoms with Crippen molar-refractivity contribution in [2.24, 2.45) is 0 Å². The fourth-order valence-corrected chi connectivity index (χ4v) is 3.16. The molecule has 2 aromatic rings. The van der Waals surface area contributed by atoms with Gasteiger partial charge in [0.25, 0.3) is 0 Å². The maximum atomic E-state index is 3.81. The van der Waals surface area contributed by atoms with Gasteiger partial charge in [0.1, 0.15) is 0 Å². The Bertz CT molecular complexity index is 546. The van der Waals surface area contributed by atoms with Crippen LogP contribution in [-0.2, 0) is 6.42 Å². The van der Waals surface area contributed by atoms with Crippen LogP contribution in [0.3, 0.4) is 0 Å². The minimum Gasteiger partial charge on any atom is -0.130 e. The number of thioether (sulfide) groups is 1. The summed E-state index contributed by atoms with van der Waals surface area (Å²) in [4.78, 5) is 1.69. The molecule has 0 nitrogen and oxygen atoms in total. The zero-order valence-electron chi connectivity index (χ0n) is 11.6. The number of halogens is 1. The Morgan fingerprint density at radius 3 is 2.26 bits per heavy atom. The van der Waals surface area contributed by atoms with Crippen LogP contribution in [0.15, 0.2) is 47.4 Å². The summed E-state index contributed by atoms with van der Waals surface area (Å²) < 4.78 is 0. The third kappa shape index (κ3) is 3.87. The SMILES string of the molecule is CSc1ccc(C(Br)Cc2ccc(C)c(C)c2)cc1. The molecular formula is C17H19BrS. The number of hydrogen-bond donors (Lipinski definition) is 0. The highest BCUT2D eigenvalue weighted by Crippen LogP contribution is 2.29. The molecule has 100 valence electrons. The average molecular weight is 335 g/mol. The first-order chi connectivity index (χ1) is 9.10. The normalized spacial score (nSPS) is 12.4. The molecule has 0 heterocycles. The van der Waals surface area contributed by atoms with Gasteiger partial charge in [-0.15, -0.1) is 11.8 Å². The van der Waals surface area contributed by atoms with E-state index in [1.54, 1.807) is 11.8 Å². The molecule has 0 saturated heterocycles. The molecule has 0 aromatic heterocycles. The van der Waals surface area contributed by atoms with Gasteiger partial charge in [-0.1, -0.05) is 46.3 Å². The van der Waals surface area contributed by atoms with E-state index in [0.717, 1.165) is 6.42 Å². The van der Waals surface area contributed by atoms with Gasteiger partial charge in [0.05, 0.1) is 0 Å². The molecule has 0 bridgehead atoms. The van der Waals surface area contributed by atoms with E-state index in [-0.39, 0.29) is 0 Å². The molecule has 0 saturated carbocycles. The summed E-state index contributed by atoms with van der Waals surface area (Å²) >= 11 is 5.59. The molecule has 0 aliphatic carbocycles. The summed E-state index contributed by atoms with van der Waals surface area (Å²) in [6.07, 6.45) is 3.13. The standard InChI is InChI=1S/C17H19BrS/c1-12-4-5-14(10-13(12)2)11-17(18)15-6-8-16(19-3)9-7-15/h4-10,17H,11H2,1-3H3. The Balaban J connectivity index is 2.10. The van der Waals surface area contributed by atoms with Crippen molar-refractivity contribution in [3.8, 4) is 0 Å². The summed E-state index contributed by atoms with van der Waals surface area (Å²) in [5.41, 5.74) is 5.46. The molecule has 19 heavy (non-hydrogen) atoms. The zero-order chi connectivity index (χ0) is 13.8. The summed E-state index contributed by atoms with van der Waals surface area (Å²) in [7, 11) is 0. The molecule has 0 spiro atoms. The van der Waals surface area contributed by atoms with Crippen molar-refractivity contribution in [2.45, 2.75) is 30.0 Å². The van der Waals surface area contributed by atoms with Crippen LogP contribution >= 0.6 is 27.7 Å². The lowest BCUT2D eigenvalue weighted by atomic mass is 10.0. The lowest BCUT2D eigenvalue weighted by molar-refractivity contribution is 0.943. The molecule has 2 rings (SSSR count). The van der Waals surface area contributed by atoms with Crippen LogP contribution in [0.25, 0.3) is 0 Å². The van der Waals surface area contributed by atoms with Crippen molar-refractivity contribution in [2.75, 3.05) is 6.26 Å². The van der Waals surface area contributed by atoms with Gasteiger partial charge in [-0.05, 0) is 60.9 Å². The van der Waals surface area contributed by atoms with Crippen LogP contribution in [0.4, 0.5) is 0 Å². The second-order valence-corrected chi connectivity index (χ2v) is 6.85. The van der Waals surface area contributed by atoms with Gasteiger partial charge in [0.2, 0.25) is 0 Å². The first kappa shape index (κ1) is 14.7. The van der Waals surface area contributed by atoms with Gasteiger partial charge < -0.3 is 0 Å². The van der Waals surface area contributed by atoms with E-state index < -0.39 is 0 Å². The Kier molecular flexibility index (Phi) is 5.12. The van der Waals surface area contributed by atoms with Gasteiger partial charge in [-0.3, -0.25) is 0 Å². The molecule has 0 fully saturated rings. The fourth-order valence-electron chi connectivity index (χ4n) is 2.07. The molecule has 0 aliphatic rings. The van der Waals surface area contributed by atoms with Crippen molar-refractivity contribution < 1.29 is 0 Å². The lowest BCUT2D eigenvalue weighted by Gasteiger charge is -2.12. The molecular weight excluding hydrogens is 316 g/mol. The van der Waals surface area contributed by atoms with Crippen molar-refractivity contribution in [3.63, 3.8) is 0 Å². The minimum atomic E-state index is 0.380. The predicted octanol–water partition coefficient (Wildman–Crippen LogP) is 5.70.